The van der Waals surface area contributed by atoms with Crippen molar-refractivity contribution in [3.8, 4) is 5.75 Å². The van der Waals surface area contributed by atoms with E-state index in [0.717, 1.165) is 23.3 Å². The monoisotopic (exact) mass is 380 g/mol. The molecule has 0 aliphatic carbocycles. The van der Waals surface area contributed by atoms with Gasteiger partial charge in [0.1, 0.15) is 5.75 Å². The van der Waals surface area contributed by atoms with Crippen molar-refractivity contribution in [2.45, 2.75) is 26.4 Å². The second-order valence-electron chi connectivity index (χ2n) is 6.03. The van der Waals surface area contributed by atoms with Gasteiger partial charge in [-0.3, -0.25) is 20.4 Å². The number of halogens is 3. The highest BCUT2D eigenvalue weighted by molar-refractivity contribution is 5.83. The van der Waals surface area contributed by atoms with Gasteiger partial charge in [0, 0.05) is 0 Å². The molecule has 0 atom stereocenters. The average molecular weight is 380 g/mol. The van der Waals surface area contributed by atoms with Crippen LogP contribution >= 0.6 is 0 Å². The zero-order chi connectivity index (χ0) is 20.0. The van der Waals surface area contributed by atoms with Crippen LogP contribution in [-0.4, -0.2) is 18.4 Å². The summed E-state index contributed by atoms with van der Waals surface area (Å²) in [6, 6.07) is 10.0. The van der Waals surface area contributed by atoms with Gasteiger partial charge >= 0.3 is 6.18 Å². The molecular formula is C19H19F3N2O3. The van der Waals surface area contributed by atoms with Crippen molar-refractivity contribution in [3.05, 3.63) is 64.7 Å². The van der Waals surface area contributed by atoms with Crippen LogP contribution in [0.3, 0.4) is 0 Å². The summed E-state index contributed by atoms with van der Waals surface area (Å²) in [5.41, 5.74) is 5.51. The predicted octanol–water partition coefficient (Wildman–Crippen LogP) is 3.09. The van der Waals surface area contributed by atoms with Crippen LogP contribution in [0.2, 0.25) is 0 Å². The molecule has 0 spiro atoms. The zero-order valence-corrected chi connectivity index (χ0v) is 14.8. The quantitative estimate of drug-likeness (QED) is 0.784. The van der Waals surface area contributed by atoms with E-state index in [2.05, 4.69) is 10.9 Å². The minimum atomic E-state index is -4.48. The fourth-order valence-corrected chi connectivity index (χ4v) is 2.27. The highest BCUT2D eigenvalue weighted by Gasteiger charge is 2.30. The van der Waals surface area contributed by atoms with E-state index in [-0.39, 0.29) is 18.6 Å². The van der Waals surface area contributed by atoms with Crippen molar-refractivity contribution < 1.29 is 27.5 Å². The van der Waals surface area contributed by atoms with E-state index < -0.39 is 23.6 Å². The maximum Gasteiger partial charge on any atom is 0.416 e. The number of carbonyl (C=O) groups is 2. The summed E-state index contributed by atoms with van der Waals surface area (Å²) in [5.74, 6) is -0.678. The van der Waals surface area contributed by atoms with E-state index in [1.165, 1.54) is 12.1 Å². The Bertz CT molecular complexity index is 835. The fraction of sp³-hybridized carbons (Fsp3) is 0.263. The molecule has 2 N–H and O–H groups in total. The highest BCUT2D eigenvalue weighted by Crippen LogP contribution is 2.29. The molecule has 2 amide bonds. The average Bonchev–Trinajstić information content (AvgIpc) is 2.60. The minimum absolute atomic E-state index is 0.184. The molecule has 5 nitrogen and oxygen atoms in total. The molecule has 0 bridgehead atoms. The number of alkyl halides is 3. The van der Waals surface area contributed by atoms with Crippen molar-refractivity contribution in [2.24, 2.45) is 0 Å². The van der Waals surface area contributed by atoms with E-state index in [9.17, 15) is 22.8 Å². The molecule has 0 saturated heterocycles. The molecule has 0 aliphatic rings. The third kappa shape index (κ3) is 6.32. The lowest BCUT2D eigenvalue weighted by atomic mass is 10.1. The Morgan fingerprint density at radius 1 is 1.00 bits per heavy atom. The van der Waals surface area contributed by atoms with E-state index in [1.54, 1.807) is 6.07 Å². The van der Waals surface area contributed by atoms with Gasteiger partial charge in [-0.25, -0.2) is 0 Å². The maximum absolute atomic E-state index is 12.7. The summed E-state index contributed by atoms with van der Waals surface area (Å²) >= 11 is 0. The first-order valence-electron chi connectivity index (χ1n) is 8.09. The molecule has 0 heterocycles. The van der Waals surface area contributed by atoms with Crippen LogP contribution in [0.5, 0.6) is 5.75 Å². The van der Waals surface area contributed by atoms with Gasteiger partial charge in [-0.2, -0.15) is 13.2 Å². The molecule has 2 aromatic rings. The van der Waals surface area contributed by atoms with Gasteiger partial charge in [0.25, 0.3) is 5.91 Å². The standard InChI is InChI=1S/C19H19F3N2O3/c1-12-6-7-13(2)16(8-12)27-11-18(26)24-23-17(25)10-14-4-3-5-15(9-14)19(20,21)22/h3-9H,10-11H2,1-2H3,(H,23,25)(H,24,26). The summed E-state index contributed by atoms with van der Waals surface area (Å²) < 4.78 is 43.4. The van der Waals surface area contributed by atoms with Crippen molar-refractivity contribution >= 4 is 11.8 Å². The number of benzene rings is 2. The van der Waals surface area contributed by atoms with Crippen LogP contribution in [0, 0.1) is 13.8 Å². The largest absolute Gasteiger partial charge is 0.483 e. The summed E-state index contributed by atoms with van der Waals surface area (Å²) in [6.07, 6.45) is -4.78. The number of nitrogens with one attached hydrogen (secondary N) is 2. The van der Waals surface area contributed by atoms with Crippen LogP contribution in [0.25, 0.3) is 0 Å². The van der Waals surface area contributed by atoms with E-state index in [0.29, 0.717) is 5.75 Å². The smallest absolute Gasteiger partial charge is 0.416 e. The lowest BCUT2D eigenvalue weighted by Crippen LogP contribution is -2.44. The lowest BCUT2D eigenvalue weighted by molar-refractivity contribution is -0.137. The topological polar surface area (TPSA) is 67.4 Å². The molecule has 0 aliphatic heterocycles. The van der Waals surface area contributed by atoms with Gasteiger partial charge in [-0.1, -0.05) is 30.3 Å². The first kappa shape index (κ1) is 20.3. The molecule has 0 saturated carbocycles. The number of amides is 2. The lowest BCUT2D eigenvalue weighted by Gasteiger charge is -2.11. The molecule has 0 aromatic heterocycles. The Balaban J connectivity index is 1.81. The van der Waals surface area contributed by atoms with Crippen LogP contribution in [-0.2, 0) is 22.2 Å². The van der Waals surface area contributed by atoms with Gasteiger partial charge < -0.3 is 4.74 Å². The number of carbonyl (C=O) groups excluding carboxylic acids is 2. The summed E-state index contributed by atoms with van der Waals surface area (Å²) in [5, 5.41) is 0. The van der Waals surface area contributed by atoms with Crippen molar-refractivity contribution in [3.63, 3.8) is 0 Å². The number of hydrazine groups is 1. The Morgan fingerprint density at radius 3 is 2.41 bits per heavy atom. The van der Waals surface area contributed by atoms with Crippen molar-refractivity contribution in [1.29, 1.82) is 0 Å². The van der Waals surface area contributed by atoms with Gasteiger partial charge in [0.2, 0.25) is 5.91 Å². The first-order valence-corrected chi connectivity index (χ1v) is 8.09. The molecule has 8 heteroatoms. The minimum Gasteiger partial charge on any atom is -0.483 e. The van der Waals surface area contributed by atoms with Gasteiger partial charge in [0.05, 0.1) is 12.0 Å². The van der Waals surface area contributed by atoms with Crippen molar-refractivity contribution in [2.75, 3.05) is 6.61 Å². The van der Waals surface area contributed by atoms with Crippen molar-refractivity contribution in [1.82, 2.24) is 10.9 Å². The third-order valence-corrected chi connectivity index (χ3v) is 3.66. The Labute approximate surface area is 154 Å². The third-order valence-electron chi connectivity index (χ3n) is 3.66. The zero-order valence-electron chi connectivity index (χ0n) is 14.8. The molecule has 2 aromatic carbocycles. The number of hydrogen-bond acceptors (Lipinski definition) is 3. The number of rotatable bonds is 5. The molecule has 144 valence electrons. The first-order chi connectivity index (χ1) is 12.6. The van der Waals surface area contributed by atoms with Gasteiger partial charge in [0.15, 0.2) is 6.61 Å². The molecule has 0 fully saturated rings. The van der Waals surface area contributed by atoms with Crippen LogP contribution in [0.15, 0.2) is 42.5 Å². The maximum atomic E-state index is 12.7. The van der Waals surface area contributed by atoms with Crippen LogP contribution in [0.4, 0.5) is 13.2 Å². The molecular weight excluding hydrogens is 361 g/mol. The summed E-state index contributed by atoms with van der Waals surface area (Å²) in [4.78, 5) is 23.6. The van der Waals surface area contributed by atoms with E-state index >= 15 is 0 Å². The Morgan fingerprint density at radius 2 is 1.70 bits per heavy atom. The van der Waals surface area contributed by atoms with E-state index in [1.807, 2.05) is 26.0 Å². The molecule has 27 heavy (non-hydrogen) atoms. The number of hydrogen-bond donors (Lipinski definition) is 2. The van der Waals surface area contributed by atoms with Gasteiger partial charge in [-0.15, -0.1) is 0 Å². The van der Waals surface area contributed by atoms with E-state index in [4.69, 9.17) is 4.74 Å². The number of ether oxygens (including phenoxy) is 1. The second-order valence-corrected chi connectivity index (χ2v) is 6.03. The summed E-state index contributed by atoms with van der Waals surface area (Å²) in [7, 11) is 0. The second kappa shape index (κ2) is 8.57. The SMILES string of the molecule is Cc1ccc(C)c(OCC(=O)NNC(=O)Cc2cccc(C(F)(F)F)c2)c1. The van der Waals surface area contributed by atoms with Gasteiger partial charge in [-0.05, 0) is 42.7 Å². The molecule has 2 rings (SSSR count). The number of aryl methyl sites for hydroxylation is 2. The van der Waals surface area contributed by atoms with Crippen LogP contribution in [0.1, 0.15) is 22.3 Å². The normalized spacial score (nSPS) is 11.0. The molecule has 0 unspecified atom stereocenters. The van der Waals surface area contributed by atoms with Crippen LogP contribution < -0.4 is 15.6 Å². The fourth-order valence-electron chi connectivity index (χ4n) is 2.27. The Kier molecular flexibility index (Phi) is 6.44. The molecule has 0 radical (unpaired) electrons. The Hall–Kier alpha value is -3.03. The summed E-state index contributed by atoms with van der Waals surface area (Å²) in [6.45, 7) is 3.41. The highest BCUT2D eigenvalue weighted by atomic mass is 19.4. The predicted molar refractivity (Wildman–Crippen MR) is 92.8 cm³/mol.